The van der Waals surface area contributed by atoms with Crippen LogP contribution in [0.4, 0.5) is 5.95 Å². The van der Waals surface area contributed by atoms with Crippen LogP contribution in [0.3, 0.4) is 0 Å². The molecule has 0 saturated carbocycles. The van der Waals surface area contributed by atoms with Crippen LogP contribution in [0, 0.1) is 0 Å². The van der Waals surface area contributed by atoms with Crippen LogP contribution < -0.4 is 10.5 Å². The van der Waals surface area contributed by atoms with Crippen LogP contribution in [0.2, 0.25) is 5.02 Å². The summed E-state index contributed by atoms with van der Waals surface area (Å²) in [7, 11) is 0. The average molecular weight is 457 g/mol. The molecule has 0 radical (unpaired) electrons. The maximum absolute atomic E-state index is 13.6. The van der Waals surface area contributed by atoms with Gasteiger partial charge in [-0.1, -0.05) is 23.7 Å². The molecule has 0 spiro atoms. The van der Waals surface area contributed by atoms with Crippen molar-refractivity contribution in [3.8, 4) is 0 Å². The first kappa shape index (κ1) is 21.0. The molecule has 7 heteroatoms. The Morgan fingerprint density at radius 3 is 2.48 bits per heavy atom. The minimum Gasteiger partial charge on any atom is -0.340 e. The zero-order valence-corrected chi connectivity index (χ0v) is 19.8. The third-order valence-corrected chi connectivity index (χ3v) is 7.93. The second-order valence-corrected chi connectivity index (χ2v) is 10.5. The van der Waals surface area contributed by atoms with E-state index in [9.17, 15) is 4.79 Å². The van der Waals surface area contributed by atoms with Gasteiger partial charge in [0.15, 0.2) is 0 Å². The van der Waals surface area contributed by atoms with Gasteiger partial charge in [-0.25, -0.2) is 4.98 Å². The van der Waals surface area contributed by atoms with Gasteiger partial charge < -0.3 is 4.90 Å². The first-order chi connectivity index (χ1) is 15.0. The molecule has 3 heterocycles. The van der Waals surface area contributed by atoms with Crippen LogP contribution in [0.25, 0.3) is 10.2 Å². The van der Waals surface area contributed by atoms with Crippen LogP contribution >= 0.6 is 22.9 Å². The highest BCUT2D eigenvalue weighted by atomic mass is 35.5. The first-order valence-corrected chi connectivity index (χ1v) is 12.5. The van der Waals surface area contributed by atoms with Gasteiger partial charge in [-0.2, -0.15) is 0 Å². The molecule has 0 amide bonds. The van der Waals surface area contributed by atoms with Crippen molar-refractivity contribution >= 4 is 39.1 Å². The third kappa shape index (κ3) is 4.01. The monoisotopic (exact) mass is 456 g/mol. The van der Waals surface area contributed by atoms with E-state index in [1.54, 1.807) is 11.3 Å². The van der Waals surface area contributed by atoms with Gasteiger partial charge in [-0.05, 0) is 62.8 Å². The summed E-state index contributed by atoms with van der Waals surface area (Å²) in [6, 6.07) is 8.19. The predicted octanol–water partition coefficient (Wildman–Crippen LogP) is 4.89. The van der Waals surface area contributed by atoms with Crippen LogP contribution in [0.1, 0.15) is 48.7 Å². The summed E-state index contributed by atoms with van der Waals surface area (Å²) in [6.07, 6.45) is 4.52. The van der Waals surface area contributed by atoms with Crippen molar-refractivity contribution in [2.24, 2.45) is 0 Å². The summed E-state index contributed by atoms with van der Waals surface area (Å²) in [5.41, 5.74) is 2.70. The number of nitrogens with zero attached hydrogens (tertiary/aromatic N) is 4. The minimum atomic E-state index is 0.0886. The van der Waals surface area contributed by atoms with Gasteiger partial charge >= 0.3 is 0 Å². The molecular weight excluding hydrogens is 428 g/mol. The van der Waals surface area contributed by atoms with E-state index in [0.717, 1.165) is 66.8 Å². The van der Waals surface area contributed by atoms with Crippen LogP contribution in [0.5, 0.6) is 0 Å². The Balaban J connectivity index is 1.41. The van der Waals surface area contributed by atoms with E-state index in [1.165, 1.54) is 28.8 Å². The lowest BCUT2D eigenvalue weighted by molar-refractivity contribution is 0.247. The van der Waals surface area contributed by atoms with Crippen molar-refractivity contribution in [2.45, 2.75) is 52.1 Å². The minimum absolute atomic E-state index is 0.0886. The Morgan fingerprint density at radius 2 is 1.77 bits per heavy atom. The quantitative estimate of drug-likeness (QED) is 0.560. The molecule has 1 aromatic carbocycles. The Morgan fingerprint density at radius 1 is 1.06 bits per heavy atom. The van der Waals surface area contributed by atoms with Crippen molar-refractivity contribution < 1.29 is 0 Å². The van der Waals surface area contributed by atoms with Crippen molar-refractivity contribution in [1.82, 2.24) is 14.5 Å². The third-order valence-electron chi connectivity index (χ3n) is 6.49. The molecule has 5 rings (SSSR count). The lowest BCUT2D eigenvalue weighted by Crippen LogP contribution is -2.48. The van der Waals surface area contributed by atoms with Gasteiger partial charge in [0.25, 0.3) is 5.56 Å². The highest BCUT2D eigenvalue weighted by Crippen LogP contribution is 2.35. The molecule has 0 atom stereocenters. The number of hydrogen-bond donors (Lipinski definition) is 0. The van der Waals surface area contributed by atoms with Gasteiger partial charge in [0.05, 0.1) is 5.39 Å². The van der Waals surface area contributed by atoms with E-state index < -0.39 is 0 Å². The van der Waals surface area contributed by atoms with Gasteiger partial charge in [0.2, 0.25) is 5.95 Å². The molecule has 1 fully saturated rings. The highest BCUT2D eigenvalue weighted by molar-refractivity contribution is 7.18. The maximum Gasteiger partial charge on any atom is 0.264 e. The van der Waals surface area contributed by atoms with Crippen LogP contribution in [-0.4, -0.2) is 40.6 Å². The maximum atomic E-state index is 13.6. The predicted molar refractivity (Wildman–Crippen MR) is 130 cm³/mol. The number of halogens is 1. The fourth-order valence-electron chi connectivity index (χ4n) is 4.85. The van der Waals surface area contributed by atoms with E-state index in [1.807, 2.05) is 16.7 Å². The number of piperazine rings is 1. The standard InChI is InChI=1S/C24H29ClN4OS/c1-16(2)29-23(30)21-19-5-3-4-6-20(19)31-22(21)26-24(29)28-13-11-27(12-14-28)15-17-7-9-18(25)10-8-17/h7-10,16H,3-6,11-15H2,1-2H3. The zero-order valence-electron chi connectivity index (χ0n) is 18.2. The topological polar surface area (TPSA) is 41.4 Å². The molecule has 1 saturated heterocycles. The molecule has 1 aliphatic carbocycles. The number of aryl methyl sites for hydroxylation is 2. The second-order valence-electron chi connectivity index (χ2n) is 8.96. The number of hydrogen-bond acceptors (Lipinski definition) is 5. The van der Waals surface area contributed by atoms with Gasteiger partial charge in [-0.15, -0.1) is 11.3 Å². The van der Waals surface area contributed by atoms with Gasteiger partial charge in [0.1, 0.15) is 4.83 Å². The van der Waals surface area contributed by atoms with E-state index in [2.05, 4.69) is 35.8 Å². The van der Waals surface area contributed by atoms with E-state index >= 15 is 0 Å². The summed E-state index contributed by atoms with van der Waals surface area (Å²) in [6.45, 7) is 8.77. The summed E-state index contributed by atoms with van der Waals surface area (Å²) in [5, 5.41) is 1.66. The molecule has 0 N–H and O–H groups in total. The largest absolute Gasteiger partial charge is 0.340 e. The molecule has 2 aromatic heterocycles. The lowest BCUT2D eigenvalue weighted by Gasteiger charge is -2.36. The Kier molecular flexibility index (Phi) is 5.80. The molecule has 0 unspecified atom stereocenters. The molecule has 2 aliphatic rings. The molecule has 164 valence electrons. The van der Waals surface area contributed by atoms with Crippen molar-refractivity contribution in [2.75, 3.05) is 31.1 Å². The molecule has 5 nitrogen and oxygen atoms in total. The zero-order chi connectivity index (χ0) is 21.5. The highest BCUT2D eigenvalue weighted by Gasteiger charge is 2.27. The summed E-state index contributed by atoms with van der Waals surface area (Å²) < 4.78 is 1.93. The van der Waals surface area contributed by atoms with Gasteiger partial charge in [-0.3, -0.25) is 14.3 Å². The summed E-state index contributed by atoms with van der Waals surface area (Å²) >= 11 is 7.76. The van der Waals surface area contributed by atoms with E-state index in [0.29, 0.717) is 0 Å². The van der Waals surface area contributed by atoms with Crippen molar-refractivity contribution in [3.63, 3.8) is 0 Å². The Hall–Kier alpha value is -1.89. The first-order valence-electron chi connectivity index (χ1n) is 11.3. The van der Waals surface area contributed by atoms with Gasteiger partial charge in [0, 0.05) is 48.7 Å². The fraction of sp³-hybridized carbons (Fsp3) is 0.500. The SMILES string of the molecule is CC(C)n1c(N2CCN(Cc3ccc(Cl)cc3)CC2)nc2sc3c(c2c1=O)CCCC3. The fourth-order valence-corrected chi connectivity index (χ4v) is 6.22. The molecule has 0 bridgehead atoms. The molecular formula is C24H29ClN4OS. The number of benzene rings is 1. The number of thiophene rings is 1. The average Bonchev–Trinajstić information content (AvgIpc) is 3.14. The number of aromatic nitrogens is 2. The van der Waals surface area contributed by atoms with Crippen molar-refractivity contribution in [1.29, 1.82) is 0 Å². The molecule has 1 aliphatic heterocycles. The van der Waals surface area contributed by atoms with E-state index in [-0.39, 0.29) is 11.6 Å². The normalized spacial score (nSPS) is 17.5. The Labute approximate surface area is 192 Å². The van der Waals surface area contributed by atoms with Crippen LogP contribution in [-0.2, 0) is 19.4 Å². The number of rotatable bonds is 4. The second kappa shape index (κ2) is 8.57. The molecule has 31 heavy (non-hydrogen) atoms. The van der Waals surface area contributed by atoms with Crippen molar-refractivity contribution in [3.05, 3.63) is 55.6 Å². The Bertz CT molecular complexity index is 1140. The smallest absolute Gasteiger partial charge is 0.264 e. The number of anilines is 1. The summed E-state index contributed by atoms with van der Waals surface area (Å²) in [5.74, 6) is 0.845. The summed E-state index contributed by atoms with van der Waals surface area (Å²) in [4.78, 5) is 25.7. The lowest BCUT2D eigenvalue weighted by atomic mass is 9.97. The number of fused-ring (bicyclic) bond motifs is 3. The molecule has 3 aromatic rings. The van der Waals surface area contributed by atoms with E-state index in [4.69, 9.17) is 16.6 Å². The van der Waals surface area contributed by atoms with Crippen LogP contribution in [0.15, 0.2) is 29.1 Å².